The minimum atomic E-state index is -0.304. The Kier molecular flexibility index (Phi) is 2.53. The van der Waals surface area contributed by atoms with E-state index in [0.29, 0.717) is 11.5 Å². The third kappa shape index (κ3) is 1.80. The van der Waals surface area contributed by atoms with Crippen molar-refractivity contribution < 1.29 is 9.18 Å². The van der Waals surface area contributed by atoms with E-state index in [4.69, 9.17) is 0 Å². The lowest BCUT2D eigenvalue weighted by Gasteiger charge is -2.21. The minimum Gasteiger partial charge on any atom is -0.294 e. The molecule has 1 aromatic rings. The smallest absolute Gasteiger partial charge is 0.166 e. The van der Waals surface area contributed by atoms with E-state index in [0.717, 1.165) is 17.9 Å². The highest BCUT2D eigenvalue weighted by Crippen LogP contribution is 2.49. The van der Waals surface area contributed by atoms with Crippen LogP contribution >= 0.6 is 0 Å². The predicted octanol–water partition coefficient (Wildman–Crippen LogP) is 3.75. The molecule has 2 heteroatoms. The molecule has 3 rings (SSSR count). The monoisotopic (exact) mass is 232 g/mol. The third-order valence-electron chi connectivity index (χ3n) is 4.54. The second-order valence-corrected chi connectivity index (χ2v) is 5.60. The molecule has 3 unspecified atom stereocenters. The van der Waals surface area contributed by atoms with Gasteiger partial charge in [0.05, 0.1) is 0 Å². The molecular formula is C15H17FO. The maximum Gasteiger partial charge on any atom is 0.166 e. The van der Waals surface area contributed by atoms with E-state index in [1.54, 1.807) is 6.07 Å². The van der Waals surface area contributed by atoms with Crippen LogP contribution in [0.3, 0.4) is 0 Å². The van der Waals surface area contributed by atoms with Crippen molar-refractivity contribution in [2.45, 2.75) is 32.6 Å². The summed E-state index contributed by atoms with van der Waals surface area (Å²) in [5, 5.41) is 0. The lowest BCUT2D eigenvalue weighted by atomic mass is 9.82. The Morgan fingerprint density at radius 1 is 1.29 bits per heavy atom. The Labute approximate surface area is 101 Å². The molecule has 2 aliphatic carbocycles. The quantitative estimate of drug-likeness (QED) is 0.710. The number of carbonyl (C=O) groups excluding carboxylic acids is 1. The topological polar surface area (TPSA) is 17.1 Å². The van der Waals surface area contributed by atoms with Crippen molar-refractivity contribution in [3.63, 3.8) is 0 Å². The van der Waals surface area contributed by atoms with Gasteiger partial charge in [0.25, 0.3) is 0 Å². The maximum atomic E-state index is 13.2. The SMILES string of the molecule is Cc1ccc(F)cc1C(=O)C1CC2CCC1C2. The van der Waals surface area contributed by atoms with Gasteiger partial charge in [-0.1, -0.05) is 12.5 Å². The molecule has 0 saturated heterocycles. The standard InChI is InChI=1S/C15H17FO/c1-9-2-5-12(16)8-13(9)15(17)14-7-10-3-4-11(14)6-10/h2,5,8,10-11,14H,3-4,6-7H2,1H3. The van der Waals surface area contributed by atoms with Gasteiger partial charge in [-0.25, -0.2) is 4.39 Å². The van der Waals surface area contributed by atoms with Crippen LogP contribution in [0.1, 0.15) is 41.6 Å². The van der Waals surface area contributed by atoms with Crippen molar-refractivity contribution in [1.29, 1.82) is 0 Å². The summed E-state index contributed by atoms with van der Waals surface area (Å²) in [7, 11) is 0. The molecule has 2 bridgehead atoms. The first kappa shape index (κ1) is 10.9. The fraction of sp³-hybridized carbons (Fsp3) is 0.533. The van der Waals surface area contributed by atoms with E-state index in [1.807, 2.05) is 6.92 Å². The fourth-order valence-electron chi connectivity index (χ4n) is 3.63. The molecule has 0 N–H and O–H groups in total. The van der Waals surface area contributed by atoms with Crippen LogP contribution in [0.15, 0.2) is 18.2 Å². The molecule has 0 amide bonds. The summed E-state index contributed by atoms with van der Waals surface area (Å²) in [5.41, 5.74) is 1.50. The molecule has 2 fully saturated rings. The zero-order valence-electron chi connectivity index (χ0n) is 10.1. The van der Waals surface area contributed by atoms with E-state index in [1.165, 1.54) is 31.4 Å². The van der Waals surface area contributed by atoms with E-state index in [9.17, 15) is 9.18 Å². The zero-order valence-corrected chi connectivity index (χ0v) is 10.1. The van der Waals surface area contributed by atoms with Crippen LogP contribution in [-0.4, -0.2) is 5.78 Å². The van der Waals surface area contributed by atoms with Gasteiger partial charge >= 0.3 is 0 Å². The van der Waals surface area contributed by atoms with Crippen molar-refractivity contribution in [1.82, 2.24) is 0 Å². The first-order chi connectivity index (χ1) is 8.15. The van der Waals surface area contributed by atoms with Crippen LogP contribution in [0.4, 0.5) is 4.39 Å². The highest BCUT2D eigenvalue weighted by molar-refractivity contribution is 5.99. The lowest BCUT2D eigenvalue weighted by Crippen LogP contribution is -2.21. The molecule has 2 aliphatic rings. The predicted molar refractivity (Wildman–Crippen MR) is 64.4 cm³/mol. The fourth-order valence-corrected chi connectivity index (χ4v) is 3.63. The Hall–Kier alpha value is -1.18. The van der Waals surface area contributed by atoms with Crippen molar-refractivity contribution in [3.8, 4) is 0 Å². The first-order valence-electron chi connectivity index (χ1n) is 6.45. The van der Waals surface area contributed by atoms with Gasteiger partial charge < -0.3 is 0 Å². The normalized spacial score (nSPS) is 30.8. The number of benzene rings is 1. The highest BCUT2D eigenvalue weighted by Gasteiger charge is 2.43. The molecule has 0 spiro atoms. The van der Waals surface area contributed by atoms with Crippen LogP contribution < -0.4 is 0 Å². The number of carbonyl (C=O) groups is 1. The van der Waals surface area contributed by atoms with Gasteiger partial charge in [0.2, 0.25) is 0 Å². The molecule has 17 heavy (non-hydrogen) atoms. The average molecular weight is 232 g/mol. The summed E-state index contributed by atoms with van der Waals surface area (Å²) in [6.45, 7) is 1.89. The van der Waals surface area contributed by atoms with Crippen LogP contribution in [-0.2, 0) is 0 Å². The molecule has 90 valence electrons. The van der Waals surface area contributed by atoms with E-state index in [-0.39, 0.29) is 17.5 Å². The molecule has 0 aromatic heterocycles. The second-order valence-electron chi connectivity index (χ2n) is 5.60. The number of hydrogen-bond acceptors (Lipinski definition) is 1. The number of halogens is 1. The van der Waals surface area contributed by atoms with Crippen LogP contribution in [0.5, 0.6) is 0 Å². The Balaban J connectivity index is 1.89. The minimum absolute atomic E-state index is 0.161. The van der Waals surface area contributed by atoms with Crippen LogP contribution in [0.2, 0.25) is 0 Å². The maximum absolute atomic E-state index is 13.2. The summed E-state index contributed by atoms with van der Waals surface area (Å²) in [4.78, 5) is 12.4. The highest BCUT2D eigenvalue weighted by atomic mass is 19.1. The Bertz CT molecular complexity index is 466. The van der Waals surface area contributed by atoms with Gasteiger partial charge in [0.15, 0.2) is 5.78 Å². The van der Waals surface area contributed by atoms with Crippen molar-refractivity contribution in [3.05, 3.63) is 35.1 Å². The molecule has 0 radical (unpaired) electrons. The number of Topliss-reactive ketones (excluding diaryl/α,β-unsaturated/α-hetero) is 1. The Morgan fingerprint density at radius 3 is 2.76 bits per heavy atom. The van der Waals surface area contributed by atoms with E-state index >= 15 is 0 Å². The first-order valence-corrected chi connectivity index (χ1v) is 6.45. The molecule has 1 aromatic carbocycles. The average Bonchev–Trinajstić information content (AvgIpc) is 2.93. The van der Waals surface area contributed by atoms with Gasteiger partial charge in [-0.15, -0.1) is 0 Å². The summed E-state index contributed by atoms with van der Waals surface area (Å²) in [6, 6.07) is 4.53. The molecule has 3 atom stereocenters. The Morgan fingerprint density at radius 2 is 2.12 bits per heavy atom. The largest absolute Gasteiger partial charge is 0.294 e. The summed E-state index contributed by atoms with van der Waals surface area (Å²) < 4.78 is 13.2. The van der Waals surface area contributed by atoms with Crippen LogP contribution in [0.25, 0.3) is 0 Å². The number of rotatable bonds is 2. The molecule has 0 heterocycles. The zero-order chi connectivity index (χ0) is 12.0. The second kappa shape index (κ2) is 3.94. The van der Waals surface area contributed by atoms with Gasteiger partial charge in [-0.3, -0.25) is 4.79 Å². The van der Waals surface area contributed by atoms with E-state index in [2.05, 4.69) is 0 Å². The number of aryl methyl sites for hydroxylation is 1. The molecule has 2 saturated carbocycles. The van der Waals surface area contributed by atoms with Crippen molar-refractivity contribution in [2.24, 2.45) is 17.8 Å². The summed E-state index contributed by atoms with van der Waals surface area (Å²) in [6.07, 6.45) is 4.72. The number of fused-ring (bicyclic) bond motifs is 2. The molecule has 0 aliphatic heterocycles. The molecular weight excluding hydrogens is 215 g/mol. The van der Waals surface area contributed by atoms with Crippen LogP contribution in [0, 0.1) is 30.5 Å². The van der Waals surface area contributed by atoms with Crippen molar-refractivity contribution in [2.75, 3.05) is 0 Å². The van der Waals surface area contributed by atoms with Gasteiger partial charge in [-0.2, -0.15) is 0 Å². The van der Waals surface area contributed by atoms with Gasteiger partial charge in [-0.05, 0) is 55.7 Å². The van der Waals surface area contributed by atoms with Gasteiger partial charge in [0, 0.05) is 11.5 Å². The number of hydrogen-bond donors (Lipinski definition) is 0. The number of ketones is 1. The van der Waals surface area contributed by atoms with Gasteiger partial charge in [0.1, 0.15) is 5.82 Å². The lowest BCUT2D eigenvalue weighted by molar-refractivity contribution is 0.0873. The third-order valence-corrected chi connectivity index (χ3v) is 4.54. The van der Waals surface area contributed by atoms with Crippen molar-refractivity contribution >= 4 is 5.78 Å². The molecule has 1 nitrogen and oxygen atoms in total. The van der Waals surface area contributed by atoms with E-state index < -0.39 is 0 Å². The summed E-state index contributed by atoms with van der Waals surface area (Å²) in [5.74, 6) is 1.35. The summed E-state index contributed by atoms with van der Waals surface area (Å²) >= 11 is 0.